The minimum absolute atomic E-state index is 0.559. The topological polar surface area (TPSA) is 29.1 Å². The third kappa shape index (κ3) is 2.07. The van der Waals surface area contributed by atoms with Crippen LogP contribution in [0.15, 0.2) is 18.2 Å². The largest absolute Gasteiger partial charge is 0.327 e. The van der Waals surface area contributed by atoms with E-state index in [4.69, 9.17) is 11.6 Å². The van der Waals surface area contributed by atoms with E-state index in [0.717, 1.165) is 3.57 Å². The molecule has 0 heterocycles. The molecule has 0 unspecified atom stereocenters. The Kier molecular flexibility index (Phi) is 3.14. The van der Waals surface area contributed by atoms with Gasteiger partial charge in [-0.05, 0) is 34.7 Å². The van der Waals surface area contributed by atoms with Gasteiger partial charge in [-0.1, -0.05) is 17.7 Å². The van der Waals surface area contributed by atoms with E-state index in [1.54, 1.807) is 6.07 Å². The average molecular weight is 281 g/mol. The van der Waals surface area contributed by atoms with Crippen LogP contribution in [0.1, 0.15) is 0 Å². The van der Waals surface area contributed by atoms with Crippen molar-refractivity contribution in [1.29, 1.82) is 0 Å². The second kappa shape index (κ2) is 3.92. The van der Waals surface area contributed by atoms with E-state index in [1.807, 2.05) is 12.1 Å². The fraction of sp³-hybridized carbons (Fsp3) is 0. The highest BCUT2D eigenvalue weighted by Gasteiger charge is 2.01. The highest BCUT2D eigenvalue weighted by atomic mass is 127. The minimum atomic E-state index is 0.559. The molecular formula is C7H5ClINO. The Morgan fingerprint density at radius 1 is 1.55 bits per heavy atom. The van der Waals surface area contributed by atoms with E-state index in [0.29, 0.717) is 17.1 Å². The zero-order chi connectivity index (χ0) is 8.27. The second-order valence-electron chi connectivity index (χ2n) is 1.86. The van der Waals surface area contributed by atoms with Gasteiger partial charge in [-0.25, -0.2) is 0 Å². The van der Waals surface area contributed by atoms with Gasteiger partial charge in [-0.15, -0.1) is 0 Å². The Balaban J connectivity index is 3.09. The number of rotatable bonds is 2. The molecule has 0 fully saturated rings. The summed E-state index contributed by atoms with van der Waals surface area (Å²) in [5.74, 6) is 0. The molecule has 0 radical (unpaired) electrons. The number of halogens is 2. The molecule has 11 heavy (non-hydrogen) atoms. The third-order valence-corrected chi connectivity index (χ3v) is 2.38. The van der Waals surface area contributed by atoms with Crippen LogP contribution >= 0.6 is 34.2 Å². The summed E-state index contributed by atoms with van der Waals surface area (Å²) in [7, 11) is 0. The first kappa shape index (κ1) is 8.80. The number of nitrogens with one attached hydrogen (secondary N) is 1. The number of carbonyl (C=O) groups is 1. The minimum Gasteiger partial charge on any atom is -0.327 e. The molecule has 1 aromatic rings. The average Bonchev–Trinajstić information content (AvgIpc) is 1.97. The second-order valence-corrected chi connectivity index (χ2v) is 3.43. The van der Waals surface area contributed by atoms with Gasteiger partial charge < -0.3 is 5.32 Å². The van der Waals surface area contributed by atoms with E-state index in [9.17, 15) is 4.79 Å². The normalized spacial score (nSPS) is 9.27. The van der Waals surface area contributed by atoms with Gasteiger partial charge >= 0.3 is 0 Å². The molecule has 2 nitrogen and oxygen atoms in total. The van der Waals surface area contributed by atoms with E-state index >= 15 is 0 Å². The fourth-order valence-electron chi connectivity index (χ4n) is 0.695. The zero-order valence-corrected chi connectivity index (χ0v) is 8.39. The van der Waals surface area contributed by atoms with Gasteiger partial charge in [-0.2, -0.15) is 0 Å². The van der Waals surface area contributed by atoms with Crippen LogP contribution in [-0.4, -0.2) is 6.41 Å². The maximum Gasteiger partial charge on any atom is 0.211 e. The predicted molar refractivity (Wildman–Crippen MR) is 53.9 cm³/mol. The maximum absolute atomic E-state index is 10.1. The summed E-state index contributed by atoms with van der Waals surface area (Å²) in [5.41, 5.74) is 0.671. The molecule has 0 saturated carbocycles. The number of hydrogen-bond acceptors (Lipinski definition) is 1. The van der Waals surface area contributed by atoms with Crippen molar-refractivity contribution in [2.75, 3.05) is 5.32 Å². The van der Waals surface area contributed by atoms with Gasteiger partial charge in [0.2, 0.25) is 6.41 Å². The monoisotopic (exact) mass is 281 g/mol. The smallest absolute Gasteiger partial charge is 0.211 e. The van der Waals surface area contributed by atoms with Crippen LogP contribution in [0.25, 0.3) is 0 Å². The summed E-state index contributed by atoms with van der Waals surface area (Å²) >= 11 is 7.89. The Bertz CT molecular complexity index is 257. The Labute approximate surface area is 83.1 Å². The Morgan fingerprint density at radius 2 is 2.27 bits per heavy atom. The van der Waals surface area contributed by atoms with Crippen LogP contribution < -0.4 is 5.32 Å². The van der Waals surface area contributed by atoms with Gasteiger partial charge in [0.15, 0.2) is 0 Å². The number of amides is 1. The summed E-state index contributed by atoms with van der Waals surface area (Å²) in [6.07, 6.45) is 0.614. The summed E-state index contributed by atoms with van der Waals surface area (Å²) in [6.45, 7) is 0. The molecule has 0 aliphatic rings. The van der Waals surface area contributed by atoms with Crippen molar-refractivity contribution in [2.24, 2.45) is 0 Å². The Hall–Kier alpha value is -0.290. The summed E-state index contributed by atoms with van der Waals surface area (Å²) in [5, 5.41) is 3.08. The van der Waals surface area contributed by atoms with E-state index in [1.165, 1.54) is 0 Å². The molecule has 1 amide bonds. The maximum atomic E-state index is 10.1. The zero-order valence-electron chi connectivity index (χ0n) is 5.47. The molecular weight excluding hydrogens is 276 g/mol. The molecule has 0 aliphatic carbocycles. The molecule has 1 N–H and O–H groups in total. The first-order valence-corrected chi connectivity index (χ1v) is 4.35. The molecule has 0 saturated heterocycles. The Morgan fingerprint density at radius 3 is 2.82 bits per heavy atom. The highest BCUT2D eigenvalue weighted by Crippen LogP contribution is 2.26. The first-order valence-electron chi connectivity index (χ1n) is 2.90. The van der Waals surface area contributed by atoms with Gasteiger partial charge in [0.05, 0.1) is 10.7 Å². The summed E-state index contributed by atoms with van der Waals surface area (Å²) in [6, 6.07) is 5.44. The van der Waals surface area contributed by atoms with Crippen molar-refractivity contribution in [3.05, 3.63) is 26.8 Å². The lowest BCUT2D eigenvalue weighted by Crippen LogP contribution is -1.96. The van der Waals surface area contributed by atoms with Crippen LogP contribution in [0.5, 0.6) is 0 Å². The van der Waals surface area contributed by atoms with Gasteiger partial charge in [0.1, 0.15) is 0 Å². The summed E-state index contributed by atoms with van der Waals surface area (Å²) in [4.78, 5) is 10.1. The predicted octanol–water partition coefficient (Wildman–Crippen LogP) is 2.51. The number of hydrogen-bond donors (Lipinski definition) is 1. The molecule has 0 aliphatic heterocycles. The fourth-order valence-corrected chi connectivity index (χ4v) is 1.74. The first-order chi connectivity index (χ1) is 5.25. The lowest BCUT2D eigenvalue weighted by atomic mass is 10.3. The van der Waals surface area contributed by atoms with E-state index in [-0.39, 0.29) is 0 Å². The van der Waals surface area contributed by atoms with E-state index < -0.39 is 0 Å². The molecule has 0 atom stereocenters. The van der Waals surface area contributed by atoms with Crippen molar-refractivity contribution in [1.82, 2.24) is 0 Å². The molecule has 0 spiro atoms. The number of para-hydroxylation sites is 1. The van der Waals surface area contributed by atoms with Crippen molar-refractivity contribution in [3.63, 3.8) is 0 Å². The number of carbonyl (C=O) groups excluding carboxylic acids is 1. The quantitative estimate of drug-likeness (QED) is 0.655. The summed E-state index contributed by atoms with van der Waals surface area (Å²) < 4.78 is 0.933. The van der Waals surface area contributed by atoms with E-state index in [2.05, 4.69) is 27.9 Å². The van der Waals surface area contributed by atoms with Crippen LogP contribution in [0.4, 0.5) is 5.69 Å². The van der Waals surface area contributed by atoms with Gasteiger partial charge in [-0.3, -0.25) is 4.79 Å². The SMILES string of the molecule is O=CNc1c(Cl)cccc1I. The van der Waals surface area contributed by atoms with Crippen molar-refractivity contribution >= 4 is 46.3 Å². The van der Waals surface area contributed by atoms with Crippen molar-refractivity contribution in [3.8, 4) is 0 Å². The molecule has 1 rings (SSSR count). The molecule has 4 heteroatoms. The molecule has 0 aromatic heterocycles. The van der Waals surface area contributed by atoms with Crippen LogP contribution in [0.2, 0.25) is 5.02 Å². The standard InChI is InChI=1S/C7H5ClINO/c8-5-2-1-3-6(9)7(5)10-4-11/h1-4H,(H,10,11). The van der Waals surface area contributed by atoms with Crippen molar-refractivity contribution < 1.29 is 4.79 Å². The van der Waals surface area contributed by atoms with Gasteiger partial charge in [0, 0.05) is 3.57 Å². The number of benzene rings is 1. The number of anilines is 1. The van der Waals surface area contributed by atoms with Crippen LogP contribution in [-0.2, 0) is 4.79 Å². The van der Waals surface area contributed by atoms with Gasteiger partial charge in [0.25, 0.3) is 0 Å². The van der Waals surface area contributed by atoms with Crippen LogP contribution in [0, 0.1) is 3.57 Å². The molecule has 0 bridgehead atoms. The van der Waals surface area contributed by atoms with Crippen molar-refractivity contribution in [2.45, 2.75) is 0 Å². The highest BCUT2D eigenvalue weighted by molar-refractivity contribution is 14.1. The lowest BCUT2D eigenvalue weighted by molar-refractivity contribution is -0.105. The molecule has 58 valence electrons. The lowest BCUT2D eigenvalue weighted by Gasteiger charge is -2.03. The third-order valence-electron chi connectivity index (χ3n) is 1.17. The van der Waals surface area contributed by atoms with Crippen LogP contribution in [0.3, 0.4) is 0 Å². The molecule has 1 aromatic carbocycles.